The molecule has 142 valence electrons. The number of aryl methyl sites for hydroxylation is 1. The van der Waals surface area contributed by atoms with E-state index in [-0.39, 0.29) is 42.0 Å². The van der Waals surface area contributed by atoms with Gasteiger partial charge in [0, 0.05) is 32.5 Å². The van der Waals surface area contributed by atoms with Gasteiger partial charge in [-0.05, 0) is 36.8 Å². The van der Waals surface area contributed by atoms with Crippen LogP contribution in [0.2, 0.25) is 0 Å². The molecule has 0 spiro atoms. The number of ether oxygens (including phenoxy) is 1. The van der Waals surface area contributed by atoms with Gasteiger partial charge in [-0.25, -0.2) is 4.39 Å². The Kier molecular flexibility index (Phi) is 7.45. The van der Waals surface area contributed by atoms with Gasteiger partial charge in [0.15, 0.2) is 5.96 Å². The lowest BCUT2D eigenvalue weighted by Crippen LogP contribution is -2.50. The number of guanidine groups is 1. The van der Waals surface area contributed by atoms with Crippen molar-refractivity contribution in [2.75, 3.05) is 20.1 Å². The molecular formula is C19H26FIN4O. The molecule has 0 saturated carbocycles. The molecule has 7 heteroatoms. The van der Waals surface area contributed by atoms with Crippen molar-refractivity contribution >= 4 is 29.9 Å². The minimum Gasteiger partial charge on any atom is -0.367 e. The van der Waals surface area contributed by atoms with E-state index in [2.05, 4.69) is 25.8 Å². The Morgan fingerprint density at radius 3 is 2.62 bits per heavy atom. The van der Waals surface area contributed by atoms with Crippen LogP contribution < -0.4 is 5.32 Å². The number of nitrogens with one attached hydrogen (secondary N) is 1. The maximum atomic E-state index is 13.2. The van der Waals surface area contributed by atoms with Gasteiger partial charge >= 0.3 is 0 Å². The summed E-state index contributed by atoms with van der Waals surface area (Å²) in [6, 6.07) is 10.6. The molecule has 0 radical (unpaired) electrons. The van der Waals surface area contributed by atoms with Crippen LogP contribution in [0.3, 0.4) is 0 Å². The van der Waals surface area contributed by atoms with Crippen LogP contribution in [0.1, 0.15) is 24.3 Å². The van der Waals surface area contributed by atoms with E-state index in [0.717, 1.165) is 18.1 Å². The van der Waals surface area contributed by atoms with Crippen LogP contribution in [0.4, 0.5) is 4.39 Å². The summed E-state index contributed by atoms with van der Waals surface area (Å²) in [5.74, 6) is 0.618. The highest BCUT2D eigenvalue weighted by Gasteiger charge is 2.28. The molecule has 1 aliphatic rings. The minimum absolute atomic E-state index is 0. The van der Waals surface area contributed by atoms with Crippen LogP contribution in [0.5, 0.6) is 0 Å². The number of hydrogen-bond donors (Lipinski definition) is 1. The Morgan fingerprint density at radius 2 is 2.00 bits per heavy atom. The van der Waals surface area contributed by atoms with E-state index in [1.807, 2.05) is 26.2 Å². The summed E-state index contributed by atoms with van der Waals surface area (Å²) in [7, 11) is 3.82. The molecule has 26 heavy (non-hydrogen) atoms. The molecule has 3 rings (SSSR count). The topological polar surface area (TPSA) is 41.8 Å². The third-order valence-electron chi connectivity index (χ3n) is 4.49. The second-order valence-corrected chi connectivity index (χ2v) is 6.40. The lowest BCUT2D eigenvalue weighted by molar-refractivity contribution is -0.0605. The molecule has 0 bridgehead atoms. The van der Waals surface area contributed by atoms with Crippen molar-refractivity contribution in [3.05, 3.63) is 59.7 Å². The van der Waals surface area contributed by atoms with Crippen molar-refractivity contribution in [2.45, 2.75) is 25.7 Å². The molecule has 2 unspecified atom stereocenters. The van der Waals surface area contributed by atoms with Gasteiger partial charge in [-0.15, -0.1) is 24.0 Å². The van der Waals surface area contributed by atoms with E-state index >= 15 is 0 Å². The Morgan fingerprint density at radius 1 is 1.27 bits per heavy atom. The summed E-state index contributed by atoms with van der Waals surface area (Å²) >= 11 is 0. The van der Waals surface area contributed by atoms with Gasteiger partial charge in [-0.2, -0.15) is 0 Å². The standard InChI is InChI=1S/C19H25FN4O.HI/c1-14-12-24(13-18(25-14)15-6-8-16(20)9-7-15)19(21-2)22-11-17-5-4-10-23(17)3;/h4-10,14,18H,11-13H2,1-3H3,(H,21,22);1H. The molecule has 2 aromatic rings. The predicted octanol–water partition coefficient (Wildman–Crippen LogP) is 3.32. The van der Waals surface area contributed by atoms with Gasteiger partial charge < -0.3 is 19.5 Å². The quantitative estimate of drug-likeness (QED) is 0.424. The molecule has 2 heterocycles. The highest BCUT2D eigenvalue weighted by Crippen LogP contribution is 2.25. The average molecular weight is 472 g/mol. The first-order valence-electron chi connectivity index (χ1n) is 8.53. The molecule has 5 nitrogen and oxygen atoms in total. The number of morpholine rings is 1. The van der Waals surface area contributed by atoms with Crippen molar-refractivity contribution in [3.63, 3.8) is 0 Å². The lowest BCUT2D eigenvalue weighted by atomic mass is 10.1. The SMILES string of the molecule is CN=C(NCc1cccn1C)N1CC(C)OC(c2ccc(F)cc2)C1.I. The minimum atomic E-state index is -0.232. The summed E-state index contributed by atoms with van der Waals surface area (Å²) < 4.78 is 21.3. The summed E-state index contributed by atoms with van der Waals surface area (Å²) in [5, 5.41) is 3.42. The molecular weight excluding hydrogens is 446 g/mol. The number of hydrogen-bond acceptors (Lipinski definition) is 2. The largest absolute Gasteiger partial charge is 0.367 e. The molecule has 1 saturated heterocycles. The zero-order valence-corrected chi connectivity index (χ0v) is 17.7. The molecule has 0 amide bonds. The number of aliphatic imine (C=N–C) groups is 1. The van der Waals surface area contributed by atoms with E-state index in [1.54, 1.807) is 19.2 Å². The van der Waals surface area contributed by atoms with Crippen molar-refractivity contribution in [3.8, 4) is 0 Å². The second-order valence-electron chi connectivity index (χ2n) is 6.40. The van der Waals surface area contributed by atoms with Crippen LogP contribution in [-0.2, 0) is 18.3 Å². The van der Waals surface area contributed by atoms with Gasteiger partial charge in [0.2, 0.25) is 0 Å². The van der Waals surface area contributed by atoms with Gasteiger partial charge in [0.25, 0.3) is 0 Å². The molecule has 1 fully saturated rings. The Hall–Kier alpha value is -1.61. The van der Waals surface area contributed by atoms with E-state index < -0.39 is 0 Å². The Bertz CT molecular complexity index is 731. The highest BCUT2D eigenvalue weighted by atomic mass is 127. The summed E-state index contributed by atoms with van der Waals surface area (Å²) in [5.41, 5.74) is 2.17. The van der Waals surface area contributed by atoms with Crippen LogP contribution in [0.25, 0.3) is 0 Å². The smallest absolute Gasteiger partial charge is 0.194 e. The van der Waals surface area contributed by atoms with E-state index in [9.17, 15) is 4.39 Å². The average Bonchev–Trinajstić information content (AvgIpc) is 3.01. The monoisotopic (exact) mass is 472 g/mol. The molecule has 0 aliphatic carbocycles. The van der Waals surface area contributed by atoms with Gasteiger partial charge in [-0.3, -0.25) is 4.99 Å². The second kappa shape index (κ2) is 9.36. The summed E-state index contributed by atoms with van der Waals surface area (Å²) in [4.78, 5) is 6.62. The van der Waals surface area contributed by atoms with Crippen molar-refractivity contribution in [1.29, 1.82) is 0 Å². The maximum absolute atomic E-state index is 13.2. The van der Waals surface area contributed by atoms with Crippen LogP contribution >= 0.6 is 24.0 Å². The van der Waals surface area contributed by atoms with E-state index in [1.165, 1.54) is 17.8 Å². The number of benzene rings is 1. The van der Waals surface area contributed by atoms with Gasteiger partial charge in [0.05, 0.1) is 19.2 Å². The summed E-state index contributed by atoms with van der Waals surface area (Å²) in [6.45, 7) is 4.21. The van der Waals surface area contributed by atoms with Crippen molar-refractivity contribution in [2.24, 2.45) is 12.0 Å². The fraction of sp³-hybridized carbons (Fsp3) is 0.421. The van der Waals surface area contributed by atoms with Crippen LogP contribution in [0.15, 0.2) is 47.6 Å². The summed E-state index contributed by atoms with van der Waals surface area (Å²) in [6.07, 6.45) is 2.00. The van der Waals surface area contributed by atoms with Crippen molar-refractivity contribution < 1.29 is 9.13 Å². The number of rotatable bonds is 3. The Balaban J connectivity index is 0.00000243. The van der Waals surface area contributed by atoms with Crippen LogP contribution in [0, 0.1) is 5.82 Å². The Labute approximate surface area is 171 Å². The first-order valence-corrected chi connectivity index (χ1v) is 8.53. The predicted molar refractivity (Wildman–Crippen MR) is 112 cm³/mol. The fourth-order valence-electron chi connectivity index (χ4n) is 3.17. The first-order chi connectivity index (χ1) is 12.1. The van der Waals surface area contributed by atoms with E-state index in [0.29, 0.717) is 13.1 Å². The highest BCUT2D eigenvalue weighted by molar-refractivity contribution is 14.0. The third kappa shape index (κ3) is 4.97. The first kappa shape index (κ1) is 20.7. The zero-order valence-electron chi connectivity index (χ0n) is 15.4. The number of aromatic nitrogens is 1. The molecule has 1 aromatic heterocycles. The zero-order chi connectivity index (χ0) is 17.8. The van der Waals surface area contributed by atoms with Gasteiger partial charge in [-0.1, -0.05) is 12.1 Å². The normalized spacial score (nSPS) is 20.6. The number of halogens is 2. The van der Waals surface area contributed by atoms with E-state index in [4.69, 9.17) is 4.74 Å². The maximum Gasteiger partial charge on any atom is 0.194 e. The molecule has 2 atom stereocenters. The fourth-order valence-corrected chi connectivity index (χ4v) is 3.17. The molecule has 1 aliphatic heterocycles. The third-order valence-corrected chi connectivity index (χ3v) is 4.49. The molecule has 1 N–H and O–H groups in total. The van der Waals surface area contributed by atoms with Crippen LogP contribution in [-0.4, -0.2) is 41.7 Å². The molecule has 1 aromatic carbocycles. The van der Waals surface area contributed by atoms with Gasteiger partial charge in [0.1, 0.15) is 11.9 Å². The van der Waals surface area contributed by atoms with Crippen molar-refractivity contribution in [1.82, 2.24) is 14.8 Å². The number of nitrogens with zero attached hydrogens (tertiary/aromatic N) is 3. The lowest BCUT2D eigenvalue weighted by Gasteiger charge is -2.38.